The van der Waals surface area contributed by atoms with Gasteiger partial charge >= 0.3 is 0 Å². The van der Waals surface area contributed by atoms with Crippen molar-refractivity contribution in [2.45, 2.75) is 43.7 Å². The van der Waals surface area contributed by atoms with Crippen LogP contribution >= 0.6 is 11.6 Å². The predicted molar refractivity (Wildman–Crippen MR) is 86.7 cm³/mol. The van der Waals surface area contributed by atoms with Crippen LogP contribution in [0.25, 0.3) is 11.0 Å². The lowest BCUT2D eigenvalue weighted by Crippen LogP contribution is -2.47. The second-order valence-corrected chi connectivity index (χ2v) is 6.36. The molecule has 3 heterocycles. The Balaban J connectivity index is 2.15. The molecule has 3 unspecified atom stereocenters. The maximum atomic E-state index is 10.4. The van der Waals surface area contributed by atoms with E-state index in [-0.39, 0.29) is 16.7 Å². The number of rotatable bonds is 2. The van der Waals surface area contributed by atoms with Gasteiger partial charge in [0.05, 0.1) is 12.0 Å². The number of hydrogen-bond donors (Lipinski definition) is 6. The van der Waals surface area contributed by atoms with Crippen LogP contribution in [0.5, 0.6) is 0 Å². The number of halogens is 1. The zero-order valence-corrected chi connectivity index (χ0v) is 13.9. The Hall–Kier alpha value is -1.53. The summed E-state index contributed by atoms with van der Waals surface area (Å²) in [5.74, 6) is -0.0979. The molecule has 1 aliphatic heterocycles. The molecule has 0 aromatic carbocycles. The molecule has 1 fully saturated rings. The Labute approximate surface area is 147 Å². The van der Waals surface area contributed by atoms with Crippen molar-refractivity contribution in [1.29, 1.82) is 0 Å². The van der Waals surface area contributed by atoms with Gasteiger partial charge in [-0.2, -0.15) is 4.98 Å². The fourth-order valence-corrected chi connectivity index (χ4v) is 3.33. The van der Waals surface area contributed by atoms with Crippen LogP contribution in [0, 0.1) is 6.92 Å². The fourth-order valence-electron chi connectivity index (χ4n) is 3.01. The van der Waals surface area contributed by atoms with E-state index in [0.29, 0.717) is 10.9 Å². The minimum absolute atomic E-state index is 0.0979. The molecule has 11 heteroatoms. The molecule has 0 amide bonds. The van der Waals surface area contributed by atoms with E-state index in [2.05, 4.69) is 9.97 Å². The first-order chi connectivity index (χ1) is 11.8. The summed E-state index contributed by atoms with van der Waals surface area (Å²) < 4.78 is 6.93. The van der Waals surface area contributed by atoms with Gasteiger partial charge in [0.25, 0.3) is 0 Å². The first-order valence-electron chi connectivity index (χ1n) is 7.55. The largest absolute Gasteiger partial charge is 0.394 e. The van der Waals surface area contributed by atoms with Crippen LogP contribution in [0.15, 0.2) is 6.20 Å². The first kappa shape index (κ1) is 18.3. The van der Waals surface area contributed by atoms with E-state index in [1.165, 1.54) is 4.57 Å². The Morgan fingerprint density at radius 2 is 1.80 bits per heavy atom. The maximum absolute atomic E-state index is 10.4. The molecule has 7 N–H and O–H groups in total. The summed E-state index contributed by atoms with van der Waals surface area (Å²) in [5, 5.41) is 50.5. The third-order valence-corrected chi connectivity index (χ3v) is 4.60. The number of nitrogens with zero attached hydrogens (tertiary/aromatic N) is 3. The van der Waals surface area contributed by atoms with Crippen molar-refractivity contribution in [3.8, 4) is 0 Å². The smallest absolute Gasteiger partial charge is 0.223 e. The summed E-state index contributed by atoms with van der Waals surface area (Å²) in [6, 6.07) is 0. The standard InChI is InChI=1S/C14H19ClN4O6/c1-4-2-19(12-6(4)11(15)17-14(16)18-12)13-10(24)9(23)8(22)7(21)5(3-20)25-13/h2,5,7-10,13,20-24H,3H2,1H3,(H2,16,17,18)/t5?,7-,8-,9?,10?,13+/m0/s1. The van der Waals surface area contributed by atoms with E-state index < -0.39 is 43.4 Å². The van der Waals surface area contributed by atoms with Gasteiger partial charge < -0.3 is 40.6 Å². The highest BCUT2D eigenvalue weighted by atomic mass is 35.5. The SMILES string of the molecule is Cc1cn([C@@H]2OC(CO)[C@H](O)[C@H](O)C(O)C2O)c2nc(N)nc(Cl)c12. The number of aliphatic hydroxyl groups excluding tert-OH is 5. The van der Waals surface area contributed by atoms with Crippen molar-refractivity contribution in [3.05, 3.63) is 16.9 Å². The molecule has 10 nitrogen and oxygen atoms in total. The fraction of sp³-hybridized carbons (Fsp3) is 0.571. The number of aryl methyl sites for hydroxylation is 1. The lowest BCUT2D eigenvalue weighted by Gasteiger charge is -2.27. The van der Waals surface area contributed by atoms with Gasteiger partial charge in [0.2, 0.25) is 5.95 Å². The lowest BCUT2D eigenvalue weighted by molar-refractivity contribution is -0.149. The summed E-state index contributed by atoms with van der Waals surface area (Å²) >= 11 is 6.10. The zero-order chi connectivity index (χ0) is 18.5. The Morgan fingerprint density at radius 1 is 1.16 bits per heavy atom. The molecule has 3 rings (SSSR count). The van der Waals surface area contributed by atoms with Crippen LogP contribution in [-0.2, 0) is 4.74 Å². The third kappa shape index (κ3) is 2.95. The van der Waals surface area contributed by atoms with Gasteiger partial charge in [-0.15, -0.1) is 0 Å². The summed E-state index contributed by atoms with van der Waals surface area (Å²) in [6.45, 7) is 1.10. The highest BCUT2D eigenvalue weighted by molar-refractivity contribution is 6.34. The van der Waals surface area contributed by atoms with Crippen molar-refractivity contribution in [2.24, 2.45) is 0 Å². The number of hydrogen-bond acceptors (Lipinski definition) is 9. The minimum atomic E-state index is -1.72. The van der Waals surface area contributed by atoms with Gasteiger partial charge in [0, 0.05) is 6.20 Å². The number of aromatic nitrogens is 3. The molecule has 1 aliphatic rings. The molecular weight excluding hydrogens is 356 g/mol. The number of nitrogens with two attached hydrogens (primary N) is 1. The van der Waals surface area contributed by atoms with E-state index in [9.17, 15) is 25.5 Å². The molecule has 138 valence electrons. The Morgan fingerprint density at radius 3 is 2.44 bits per heavy atom. The van der Waals surface area contributed by atoms with Crippen LogP contribution < -0.4 is 5.73 Å². The monoisotopic (exact) mass is 374 g/mol. The van der Waals surface area contributed by atoms with E-state index >= 15 is 0 Å². The van der Waals surface area contributed by atoms with Gasteiger partial charge in [0.1, 0.15) is 41.3 Å². The number of fused-ring (bicyclic) bond motifs is 1. The highest BCUT2D eigenvalue weighted by Crippen LogP contribution is 2.33. The molecule has 1 saturated heterocycles. The van der Waals surface area contributed by atoms with Crippen LogP contribution in [0.3, 0.4) is 0 Å². The van der Waals surface area contributed by atoms with E-state index in [4.69, 9.17) is 22.1 Å². The van der Waals surface area contributed by atoms with Gasteiger partial charge in [-0.1, -0.05) is 11.6 Å². The quantitative estimate of drug-likeness (QED) is 0.336. The van der Waals surface area contributed by atoms with Gasteiger partial charge in [0.15, 0.2) is 6.23 Å². The number of ether oxygens (including phenoxy) is 1. The van der Waals surface area contributed by atoms with Crippen molar-refractivity contribution >= 4 is 28.6 Å². The van der Waals surface area contributed by atoms with Crippen molar-refractivity contribution in [1.82, 2.24) is 14.5 Å². The average molecular weight is 375 g/mol. The average Bonchev–Trinajstić information content (AvgIpc) is 2.86. The number of aliphatic hydroxyl groups is 5. The zero-order valence-electron chi connectivity index (χ0n) is 13.2. The van der Waals surface area contributed by atoms with Gasteiger partial charge in [-0.3, -0.25) is 0 Å². The molecule has 6 atom stereocenters. The molecule has 2 aromatic rings. The second-order valence-electron chi connectivity index (χ2n) is 6.00. The topological polar surface area (TPSA) is 167 Å². The molecule has 0 spiro atoms. The van der Waals surface area contributed by atoms with Crippen LogP contribution in [-0.4, -0.2) is 77.2 Å². The number of nitrogen functional groups attached to an aromatic ring is 1. The molecule has 2 aromatic heterocycles. The maximum Gasteiger partial charge on any atom is 0.223 e. The highest BCUT2D eigenvalue weighted by Gasteiger charge is 2.45. The molecule has 0 bridgehead atoms. The summed E-state index contributed by atoms with van der Waals surface area (Å²) in [6.07, 6.45) is -7.58. The van der Waals surface area contributed by atoms with Crippen molar-refractivity contribution in [3.63, 3.8) is 0 Å². The van der Waals surface area contributed by atoms with E-state index in [1.807, 2.05) is 0 Å². The van der Waals surface area contributed by atoms with Crippen LogP contribution in [0.4, 0.5) is 5.95 Å². The lowest BCUT2D eigenvalue weighted by atomic mass is 10.0. The predicted octanol–water partition coefficient (Wildman–Crippen LogP) is -1.69. The van der Waals surface area contributed by atoms with Crippen LogP contribution in [0.2, 0.25) is 5.15 Å². The normalized spacial score (nSPS) is 33.6. The van der Waals surface area contributed by atoms with E-state index in [0.717, 1.165) is 0 Å². The number of anilines is 1. The summed E-state index contributed by atoms with van der Waals surface area (Å²) in [4.78, 5) is 7.97. The summed E-state index contributed by atoms with van der Waals surface area (Å²) in [7, 11) is 0. The van der Waals surface area contributed by atoms with E-state index in [1.54, 1.807) is 13.1 Å². The molecule has 0 saturated carbocycles. The Bertz CT molecular complexity index is 784. The molecular formula is C14H19ClN4O6. The van der Waals surface area contributed by atoms with Crippen molar-refractivity contribution in [2.75, 3.05) is 12.3 Å². The minimum Gasteiger partial charge on any atom is -0.394 e. The third-order valence-electron chi connectivity index (χ3n) is 4.33. The Kier molecular flexibility index (Phi) is 4.86. The van der Waals surface area contributed by atoms with Crippen LogP contribution in [0.1, 0.15) is 11.8 Å². The second kappa shape index (κ2) is 6.65. The van der Waals surface area contributed by atoms with Gasteiger partial charge in [-0.25, -0.2) is 4.98 Å². The summed E-state index contributed by atoms with van der Waals surface area (Å²) in [5.41, 5.74) is 6.54. The van der Waals surface area contributed by atoms with Crippen molar-refractivity contribution < 1.29 is 30.3 Å². The molecule has 25 heavy (non-hydrogen) atoms. The molecule has 0 aliphatic carbocycles. The van der Waals surface area contributed by atoms with Gasteiger partial charge in [-0.05, 0) is 12.5 Å². The molecule has 0 radical (unpaired) electrons. The first-order valence-corrected chi connectivity index (χ1v) is 7.92.